The summed E-state index contributed by atoms with van der Waals surface area (Å²) in [6, 6.07) is 5.94. The Morgan fingerprint density at radius 3 is 2.76 bits per heavy atom. The summed E-state index contributed by atoms with van der Waals surface area (Å²) in [6.07, 6.45) is 10.5. The van der Waals surface area contributed by atoms with Gasteiger partial charge in [0.2, 0.25) is 0 Å². The number of aromatic nitrogens is 2. The van der Waals surface area contributed by atoms with Crippen molar-refractivity contribution in [3.63, 3.8) is 0 Å². The largest absolute Gasteiger partial charge is 0.366 e. The molecule has 1 saturated carbocycles. The van der Waals surface area contributed by atoms with Crippen LogP contribution in [0.3, 0.4) is 0 Å². The Labute approximate surface area is 149 Å². The number of para-hydroxylation sites is 1. The average molecular weight is 340 g/mol. The smallest absolute Gasteiger partial charge is 0.250 e. The van der Waals surface area contributed by atoms with Crippen molar-refractivity contribution in [1.82, 2.24) is 14.9 Å². The minimum Gasteiger partial charge on any atom is -0.366 e. The number of likely N-dealkylation sites (tertiary alicyclic amines) is 1. The molecule has 1 aromatic heterocycles. The van der Waals surface area contributed by atoms with Crippen LogP contribution in [0.25, 0.3) is 11.0 Å². The summed E-state index contributed by atoms with van der Waals surface area (Å²) < 4.78 is 0. The van der Waals surface area contributed by atoms with E-state index in [2.05, 4.69) is 9.88 Å². The second-order valence-electron chi connectivity index (χ2n) is 7.70. The van der Waals surface area contributed by atoms with E-state index in [-0.39, 0.29) is 0 Å². The first kappa shape index (κ1) is 16.6. The van der Waals surface area contributed by atoms with Gasteiger partial charge in [0, 0.05) is 6.54 Å². The highest BCUT2D eigenvalue weighted by Gasteiger charge is 2.28. The highest BCUT2D eigenvalue weighted by atomic mass is 16.1. The Morgan fingerprint density at radius 1 is 1.16 bits per heavy atom. The molecule has 1 unspecified atom stereocenters. The zero-order valence-corrected chi connectivity index (χ0v) is 14.8. The lowest BCUT2D eigenvalue weighted by Gasteiger charge is -2.30. The second kappa shape index (κ2) is 7.16. The van der Waals surface area contributed by atoms with Crippen LogP contribution >= 0.6 is 0 Å². The predicted molar refractivity (Wildman–Crippen MR) is 99.4 cm³/mol. The molecular weight excluding hydrogens is 312 g/mol. The average Bonchev–Trinajstić information content (AvgIpc) is 3.20. The van der Waals surface area contributed by atoms with Gasteiger partial charge in [-0.3, -0.25) is 9.69 Å². The summed E-state index contributed by atoms with van der Waals surface area (Å²) in [7, 11) is 0. The van der Waals surface area contributed by atoms with E-state index in [1.807, 2.05) is 12.1 Å². The van der Waals surface area contributed by atoms with Crippen molar-refractivity contribution in [2.75, 3.05) is 13.1 Å². The SMILES string of the molecule is NC(=O)c1cccc2[nH]c(C3CCCCCN3CC3CCCC3)nc12. The number of primary amides is 1. The van der Waals surface area contributed by atoms with Gasteiger partial charge in [-0.05, 0) is 50.3 Å². The lowest BCUT2D eigenvalue weighted by Crippen LogP contribution is -2.33. The van der Waals surface area contributed by atoms with E-state index in [0.29, 0.717) is 11.6 Å². The number of carbonyl (C=O) groups is 1. The summed E-state index contributed by atoms with van der Waals surface area (Å²) in [6.45, 7) is 2.34. The van der Waals surface area contributed by atoms with Crippen LogP contribution in [0, 0.1) is 5.92 Å². The molecule has 1 amide bonds. The third-order valence-electron chi connectivity index (χ3n) is 5.94. The van der Waals surface area contributed by atoms with Crippen molar-refractivity contribution in [1.29, 1.82) is 0 Å². The summed E-state index contributed by atoms with van der Waals surface area (Å²) in [5.74, 6) is 1.43. The van der Waals surface area contributed by atoms with Crippen molar-refractivity contribution in [3.05, 3.63) is 29.6 Å². The quantitative estimate of drug-likeness (QED) is 0.889. The van der Waals surface area contributed by atoms with Gasteiger partial charge in [-0.2, -0.15) is 0 Å². The molecule has 0 radical (unpaired) electrons. The number of nitrogens with one attached hydrogen (secondary N) is 1. The molecule has 0 bridgehead atoms. The molecular formula is C20H28N4O. The number of hydrogen-bond donors (Lipinski definition) is 2. The molecule has 2 heterocycles. The highest BCUT2D eigenvalue weighted by molar-refractivity contribution is 6.04. The zero-order valence-electron chi connectivity index (χ0n) is 14.8. The molecule has 4 rings (SSSR count). The molecule has 25 heavy (non-hydrogen) atoms. The Hall–Kier alpha value is -1.88. The van der Waals surface area contributed by atoms with Crippen LogP contribution in [0.1, 0.15) is 73.6 Å². The molecule has 134 valence electrons. The fourth-order valence-corrected chi connectivity index (χ4v) is 4.63. The highest BCUT2D eigenvalue weighted by Crippen LogP contribution is 2.34. The molecule has 1 atom stereocenters. The van der Waals surface area contributed by atoms with E-state index in [1.165, 1.54) is 51.5 Å². The van der Waals surface area contributed by atoms with E-state index in [1.54, 1.807) is 6.07 Å². The standard InChI is InChI=1S/C20H28N4O/c21-19(25)15-9-6-10-16-18(15)23-20(22-16)17-11-2-1-5-12-24(17)13-14-7-3-4-8-14/h6,9-10,14,17H,1-5,7-8,11-13H2,(H2,21,25)(H,22,23). The number of fused-ring (bicyclic) bond motifs is 1. The van der Waals surface area contributed by atoms with Crippen LogP contribution < -0.4 is 5.73 Å². The van der Waals surface area contributed by atoms with Gasteiger partial charge >= 0.3 is 0 Å². The van der Waals surface area contributed by atoms with Gasteiger partial charge in [-0.25, -0.2) is 4.98 Å². The maximum atomic E-state index is 11.7. The maximum absolute atomic E-state index is 11.7. The molecule has 2 aliphatic rings. The molecule has 1 aromatic carbocycles. The fourth-order valence-electron chi connectivity index (χ4n) is 4.63. The number of hydrogen-bond acceptors (Lipinski definition) is 3. The molecule has 3 N–H and O–H groups in total. The normalized spacial score (nSPS) is 23.1. The number of imidazole rings is 1. The first-order chi connectivity index (χ1) is 12.2. The van der Waals surface area contributed by atoms with Crippen molar-refractivity contribution in [2.24, 2.45) is 11.7 Å². The van der Waals surface area contributed by atoms with E-state index in [0.717, 1.165) is 35.7 Å². The Kier molecular flexibility index (Phi) is 4.75. The van der Waals surface area contributed by atoms with Crippen molar-refractivity contribution >= 4 is 16.9 Å². The topological polar surface area (TPSA) is 75.0 Å². The fraction of sp³-hybridized carbons (Fsp3) is 0.600. The van der Waals surface area contributed by atoms with E-state index in [4.69, 9.17) is 10.7 Å². The van der Waals surface area contributed by atoms with Gasteiger partial charge in [0.15, 0.2) is 0 Å². The van der Waals surface area contributed by atoms with Gasteiger partial charge in [-0.15, -0.1) is 0 Å². The van der Waals surface area contributed by atoms with Crippen LogP contribution in [0.5, 0.6) is 0 Å². The molecule has 2 aromatic rings. The van der Waals surface area contributed by atoms with Gasteiger partial charge in [-0.1, -0.05) is 31.7 Å². The summed E-state index contributed by atoms with van der Waals surface area (Å²) in [4.78, 5) is 22.7. The second-order valence-corrected chi connectivity index (χ2v) is 7.70. The first-order valence-corrected chi connectivity index (χ1v) is 9.75. The molecule has 5 nitrogen and oxygen atoms in total. The minimum absolute atomic E-state index is 0.330. The predicted octanol–water partition coefficient (Wildman–Crippen LogP) is 3.77. The van der Waals surface area contributed by atoms with Crippen LogP contribution in [0.15, 0.2) is 18.2 Å². The van der Waals surface area contributed by atoms with Crippen molar-refractivity contribution in [3.8, 4) is 0 Å². The zero-order chi connectivity index (χ0) is 17.2. The maximum Gasteiger partial charge on any atom is 0.250 e. The number of aromatic amines is 1. The Morgan fingerprint density at radius 2 is 1.96 bits per heavy atom. The summed E-state index contributed by atoms with van der Waals surface area (Å²) in [5, 5.41) is 0. The number of rotatable bonds is 4. The van der Waals surface area contributed by atoms with Crippen molar-refractivity contribution < 1.29 is 4.79 Å². The van der Waals surface area contributed by atoms with Crippen LogP contribution in [-0.4, -0.2) is 33.9 Å². The van der Waals surface area contributed by atoms with Gasteiger partial charge < -0.3 is 10.7 Å². The third kappa shape index (κ3) is 3.43. The van der Waals surface area contributed by atoms with E-state index < -0.39 is 5.91 Å². The summed E-state index contributed by atoms with van der Waals surface area (Å²) in [5.41, 5.74) is 7.67. The number of nitrogens with two attached hydrogens (primary N) is 1. The van der Waals surface area contributed by atoms with Crippen LogP contribution in [0.2, 0.25) is 0 Å². The number of benzene rings is 1. The van der Waals surface area contributed by atoms with Gasteiger partial charge in [0.1, 0.15) is 11.3 Å². The molecule has 1 aliphatic carbocycles. The number of nitrogens with zero attached hydrogens (tertiary/aromatic N) is 2. The molecule has 2 fully saturated rings. The van der Waals surface area contributed by atoms with Crippen LogP contribution in [0.4, 0.5) is 0 Å². The van der Waals surface area contributed by atoms with Gasteiger partial charge in [0.25, 0.3) is 5.91 Å². The Balaban J connectivity index is 1.65. The van der Waals surface area contributed by atoms with Crippen molar-refractivity contribution in [2.45, 2.75) is 57.4 Å². The molecule has 1 saturated heterocycles. The minimum atomic E-state index is -0.410. The molecule has 5 heteroatoms. The molecule has 0 spiro atoms. The van der Waals surface area contributed by atoms with Crippen LogP contribution in [-0.2, 0) is 0 Å². The van der Waals surface area contributed by atoms with E-state index in [9.17, 15) is 4.79 Å². The molecule has 1 aliphatic heterocycles. The summed E-state index contributed by atoms with van der Waals surface area (Å²) >= 11 is 0. The number of amides is 1. The monoisotopic (exact) mass is 340 g/mol. The van der Waals surface area contributed by atoms with E-state index >= 15 is 0 Å². The van der Waals surface area contributed by atoms with Gasteiger partial charge in [0.05, 0.1) is 17.1 Å². The number of carbonyl (C=O) groups excluding carboxylic acids is 1. The lowest BCUT2D eigenvalue weighted by molar-refractivity contribution is 0.100. The Bertz CT molecular complexity index is 747. The lowest BCUT2D eigenvalue weighted by atomic mass is 10.0. The number of H-pyrrole nitrogens is 1. The third-order valence-corrected chi connectivity index (χ3v) is 5.94. The first-order valence-electron chi connectivity index (χ1n) is 9.75.